The molecule has 1 amide bonds. The van der Waals surface area contributed by atoms with Gasteiger partial charge in [-0.2, -0.15) is 0 Å². The highest BCUT2D eigenvalue weighted by atomic mass is 16.2. The average molecular weight is 292 g/mol. The highest BCUT2D eigenvalue weighted by Gasteiger charge is 2.26. The van der Waals surface area contributed by atoms with Crippen LogP contribution in [0.15, 0.2) is 12.5 Å². The molecule has 0 radical (unpaired) electrons. The third-order valence-corrected chi connectivity index (χ3v) is 4.24. The Morgan fingerprint density at radius 1 is 1.29 bits per heavy atom. The van der Waals surface area contributed by atoms with Crippen molar-refractivity contribution >= 4 is 5.91 Å². The molecule has 1 fully saturated rings. The minimum absolute atomic E-state index is 0.0656. The van der Waals surface area contributed by atoms with Gasteiger partial charge in [0.05, 0.1) is 12.0 Å². The number of aromatic nitrogens is 2. The second kappa shape index (κ2) is 7.07. The van der Waals surface area contributed by atoms with Gasteiger partial charge in [0.1, 0.15) is 6.04 Å². The van der Waals surface area contributed by atoms with E-state index in [0.29, 0.717) is 5.92 Å². The predicted molar refractivity (Wildman–Crippen MR) is 83.8 cm³/mol. The Balaban J connectivity index is 2.10. The predicted octanol–water partition coefficient (Wildman–Crippen LogP) is 2.50. The smallest absolute Gasteiger partial charge is 0.245 e. The van der Waals surface area contributed by atoms with E-state index in [1.54, 1.807) is 12.5 Å². The number of nitrogens with zero attached hydrogens (tertiary/aromatic N) is 3. The summed E-state index contributed by atoms with van der Waals surface area (Å²) in [6, 6.07) is -0.289. The van der Waals surface area contributed by atoms with Gasteiger partial charge >= 0.3 is 0 Å². The van der Waals surface area contributed by atoms with Crippen LogP contribution >= 0.6 is 0 Å². The molecular weight excluding hydrogens is 264 g/mol. The number of carbonyl (C=O) groups excluding carboxylic acids is 1. The molecule has 2 rings (SSSR count). The standard InChI is InChI=1S/C16H28N4O/c1-12(2)9-14(17)15-10-18-11-20(15)13(3)16(21)19-7-5-4-6-8-19/h10-14H,4-9,17H2,1-3H3. The molecule has 5 nitrogen and oxygen atoms in total. The van der Waals surface area contributed by atoms with E-state index in [1.807, 2.05) is 16.4 Å². The number of hydrogen-bond donors (Lipinski definition) is 1. The topological polar surface area (TPSA) is 64.1 Å². The van der Waals surface area contributed by atoms with E-state index in [1.165, 1.54) is 6.42 Å². The maximum atomic E-state index is 12.6. The molecule has 0 spiro atoms. The lowest BCUT2D eigenvalue weighted by Gasteiger charge is -2.30. The van der Waals surface area contributed by atoms with Gasteiger partial charge in [0.2, 0.25) is 5.91 Å². The molecule has 2 N–H and O–H groups in total. The summed E-state index contributed by atoms with van der Waals surface area (Å²) < 4.78 is 1.95. The SMILES string of the molecule is CC(C)CC(N)c1cncn1C(C)C(=O)N1CCCCC1. The van der Waals surface area contributed by atoms with Crippen molar-refractivity contribution in [1.29, 1.82) is 0 Å². The molecule has 0 bridgehead atoms. The molecule has 0 saturated carbocycles. The van der Waals surface area contributed by atoms with Crippen LogP contribution in [0.2, 0.25) is 0 Å². The van der Waals surface area contributed by atoms with Gasteiger partial charge < -0.3 is 15.2 Å². The third-order valence-electron chi connectivity index (χ3n) is 4.24. The fourth-order valence-electron chi connectivity index (χ4n) is 3.05. The van der Waals surface area contributed by atoms with Crippen LogP contribution in [0.3, 0.4) is 0 Å². The van der Waals surface area contributed by atoms with Gasteiger partial charge in [0, 0.05) is 25.3 Å². The minimum Gasteiger partial charge on any atom is -0.341 e. The maximum absolute atomic E-state index is 12.6. The molecule has 2 unspecified atom stereocenters. The first-order valence-electron chi connectivity index (χ1n) is 8.06. The number of imidazole rings is 1. The van der Waals surface area contributed by atoms with E-state index in [0.717, 1.165) is 38.0 Å². The third kappa shape index (κ3) is 3.84. The Labute approximate surface area is 127 Å². The van der Waals surface area contributed by atoms with Gasteiger partial charge in [-0.25, -0.2) is 4.98 Å². The number of nitrogens with two attached hydrogens (primary N) is 1. The van der Waals surface area contributed by atoms with Crippen molar-refractivity contribution in [2.75, 3.05) is 13.1 Å². The Kier molecular flexibility index (Phi) is 5.39. The van der Waals surface area contributed by atoms with Crippen LogP contribution in [0.25, 0.3) is 0 Å². The highest BCUT2D eigenvalue weighted by Crippen LogP contribution is 2.23. The zero-order chi connectivity index (χ0) is 15.4. The second-order valence-corrected chi connectivity index (χ2v) is 6.52. The van der Waals surface area contributed by atoms with E-state index in [4.69, 9.17) is 5.73 Å². The summed E-state index contributed by atoms with van der Waals surface area (Å²) in [4.78, 5) is 18.8. The Bertz CT molecular complexity index is 463. The van der Waals surface area contributed by atoms with Crippen LogP contribution in [0.1, 0.15) is 64.2 Å². The molecule has 21 heavy (non-hydrogen) atoms. The van der Waals surface area contributed by atoms with Crippen LogP contribution in [0, 0.1) is 5.92 Å². The first kappa shape index (κ1) is 16.0. The van der Waals surface area contributed by atoms with Gasteiger partial charge in [-0.05, 0) is 38.5 Å². The maximum Gasteiger partial charge on any atom is 0.245 e. The van der Waals surface area contributed by atoms with Crippen molar-refractivity contribution in [2.24, 2.45) is 11.7 Å². The Morgan fingerprint density at radius 3 is 2.57 bits per heavy atom. The lowest BCUT2D eigenvalue weighted by Crippen LogP contribution is -2.40. The van der Waals surface area contributed by atoms with Gasteiger partial charge in [-0.1, -0.05) is 13.8 Å². The van der Waals surface area contributed by atoms with Crippen molar-refractivity contribution in [3.63, 3.8) is 0 Å². The van der Waals surface area contributed by atoms with Gasteiger partial charge in [-0.3, -0.25) is 4.79 Å². The molecule has 5 heteroatoms. The number of rotatable bonds is 5. The summed E-state index contributed by atoms with van der Waals surface area (Å²) in [5.74, 6) is 0.710. The van der Waals surface area contributed by atoms with Crippen molar-refractivity contribution in [3.8, 4) is 0 Å². The van der Waals surface area contributed by atoms with Crippen LogP contribution < -0.4 is 5.73 Å². The summed E-state index contributed by atoms with van der Waals surface area (Å²) in [5.41, 5.74) is 7.23. The quantitative estimate of drug-likeness (QED) is 0.907. The Morgan fingerprint density at radius 2 is 1.95 bits per heavy atom. The zero-order valence-electron chi connectivity index (χ0n) is 13.5. The van der Waals surface area contributed by atoms with E-state index in [9.17, 15) is 4.79 Å². The zero-order valence-corrected chi connectivity index (χ0v) is 13.5. The number of hydrogen-bond acceptors (Lipinski definition) is 3. The molecule has 1 aromatic rings. The summed E-state index contributed by atoms with van der Waals surface area (Å²) in [5, 5.41) is 0. The molecule has 1 aromatic heterocycles. The molecule has 118 valence electrons. The van der Waals surface area contributed by atoms with E-state index in [2.05, 4.69) is 18.8 Å². The van der Waals surface area contributed by atoms with Crippen molar-refractivity contribution in [3.05, 3.63) is 18.2 Å². The average Bonchev–Trinajstić information content (AvgIpc) is 2.95. The normalized spacial score (nSPS) is 18.8. The van der Waals surface area contributed by atoms with Gasteiger partial charge in [0.25, 0.3) is 0 Å². The summed E-state index contributed by atoms with van der Waals surface area (Å²) in [6.07, 6.45) is 7.89. The molecule has 0 aromatic carbocycles. The van der Waals surface area contributed by atoms with Crippen LogP contribution in [-0.2, 0) is 4.79 Å². The fraction of sp³-hybridized carbons (Fsp3) is 0.750. The number of amides is 1. The lowest BCUT2D eigenvalue weighted by atomic mass is 10.0. The second-order valence-electron chi connectivity index (χ2n) is 6.52. The molecule has 1 aliphatic heterocycles. The van der Waals surface area contributed by atoms with Crippen molar-refractivity contribution in [1.82, 2.24) is 14.5 Å². The molecular formula is C16H28N4O. The van der Waals surface area contributed by atoms with E-state index < -0.39 is 0 Å². The molecule has 1 saturated heterocycles. The van der Waals surface area contributed by atoms with Crippen LogP contribution in [-0.4, -0.2) is 33.4 Å². The van der Waals surface area contributed by atoms with Crippen LogP contribution in [0.5, 0.6) is 0 Å². The lowest BCUT2D eigenvalue weighted by molar-refractivity contribution is -0.135. The van der Waals surface area contributed by atoms with E-state index in [-0.39, 0.29) is 18.0 Å². The first-order chi connectivity index (χ1) is 10.0. The van der Waals surface area contributed by atoms with Crippen LogP contribution in [0.4, 0.5) is 0 Å². The fourth-order valence-corrected chi connectivity index (χ4v) is 3.05. The van der Waals surface area contributed by atoms with E-state index >= 15 is 0 Å². The first-order valence-corrected chi connectivity index (χ1v) is 8.06. The monoisotopic (exact) mass is 292 g/mol. The Hall–Kier alpha value is -1.36. The summed E-state index contributed by atoms with van der Waals surface area (Å²) in [6.45, 7) is 8.02. The van der Waals surface area contributed by atoms with Crippen molar-refractivity contribution < 1.29 is 4.79 Å². The highest BCUT2D eigenvalue weighted by molar-refractivity contribution is 5.80. The minimum atomic E-state index is -0.223. The summed E-state index contributed by atoms with van der Waals surface area (Å²) >= 11 is 0. The molecule has 0 aliphatic carbocycles. The van der Waals surface area contributed by atoms with Crippen molar-refractivity contribution in [2.45, 2.75) is 58.5 Å². The number of piperidine rings is 1. The molecule has 2 heterocycles. The largest absolute Gasteiger partial charge is 0.341 e. The van der Waals surface area contributed by atoms with Gasteiger partial charge in [0.15, 0.2) is 0 Å². The number of likely N-dealkylation sites (tertiary alicyclic amines) is 1. The summed E-state index contributed by atoms with van der Waals surface area (Å²) in [7, 11) is 0. The number of carbonyl (C=O) groups is 1. The molecule has 2 atom stereocenters. The molecule has 1 aliphatic rings. The van der Waals surface area contributed by atoms with Gasteiger partial charge in [-0.15, -0.1) is 0 Å².